The number of methoxy groups -OCH3 is 1. The number of nitro groups is 1. The Morgan fingerprint density at radius 3 is 2.78 bits per heavy atom. The van der Waals surface area contributed by atoms with E-state index in [9.17, 15) is 14.9 Å². The highest BCUT2D eigenvalue weighted by molar-refractivity contribution is 6.37. The second-order valence-electron chi connectivity index (χ2n) is 5.87. The largest absolute Gasteiger partial charge is 0.493 e. The van der Waals surface area contributed by atoms with Gasteiger partial charge in [-0.3, -0.25) is 14.9 Å². The third kappa shape index (κ3) is 2.93. The first-order valence-corrected chi connectivity index (χ1v) is 8.34. The first kappa shape index (κ1) is 17.2. The number of hydrogen-bond acceptors (Lipinski definition) is 6. The van der Waals surface area contributed by atoms with Gasteiger partial charge in [-0.15, -0.1) is 0 Å². The summed E-state index contributed by atoms with van der Waals surface area (Å²) in [6.07, 6.45) is 1.61. The van der Waals surface area contributed by atoms with Gasteiger partial charge in [-0.05, 0) is 29.8 Å². The number of carbonyl (C=O) groups is 1. The molecule has 9 heteroatoms. The standard InChI is InChI=1S/C18H13ClN2O6/c1-25-15-5-9(6-16-17(15)27-3-2-26-16)4-11-10-7-14(21(23)24)12(19)8-13(10)20-18(11)22/h4-8H,2-3H2,1H3,(H,20,22)/b11-4+. The van der Waals surface area contributed by atoms with Crippen LogP contribution in [0.15, 0.2) is 24.3 Å². The average Bonchev–Trinajstić information content (AvgIpc) is 2.94. The zero-order valence-corrected chi connectivity index (χ0v) is 14.8. The lowest BCUT2D eigenvalue weighted by atomic mass is 10.0. The van der Waals surface area contributed by atoms with E-state index >= 15 is 0 Å². The number of amides is 1. The zero-order chi connectivity index (χ0) is 19.1. The predicted molar refractivity (Wildman–Crippen MR) is 98.6 cm³/mol. The maximum atomic E-state index is 12.4. The third-order valence-corrected chi connectivity index (χ3v) is 4.53. The number of nitrogens with one attached hydrogen (secondary N) is 1. The average molecular weight is 389 g/mol. The van der Waals surface area contributed by atoms with E-state index in [2.05, 4.69) is 5.32 Å². The second-order valence-corrected chi connectivity index (χ2v) is 6.27. The minimum absolute atomic E-state index is 0.0405. The Bertz CT molecular complexity index is 1000. The summed E-state index contributed by atoms with van der Waals surface area (Å²) in [5.41, 5.74) is 1.48. The molecule has 0 spiro atoms. The van der Waals surface area contributed by atoms with E-state index in [0.717, 1.165) is 0 Å². The number of hydrogen-bond donors (Lipinski definition) is 1. The summed E-state index contributed by atoms with van der Waals surface area (Å²) in [7, 11) is 1.51. The van der Waals surface area contributed by atoms with Gasteiger partial charge in [0.2, 0.25) is 5.75 Å². The summed E-state index contributed by atoms with van der Waals surface area (Å²) in [5.74, 6) is 1.10. The van der Waals surface area contributed by atoms with E-state index in [-0.39, 0.29) is 22.2 Å². The monoisotopic (exact) mass is 388 g/mol. The molecule has 0 unspecified atom stereocenters. The van der Waals surface area contributed by atoms with Gasteiger partial charge in [-0.2, -0.15) is 0 Å². The van der Waals surface area contributed by atoms with Crippen molar-refractivity contribution in [2.24, 2.45) is 0 Å². The number of nitro benzene ring substituents is 1. The van der Waals surface area contributed by atoms with E-state index in [1.54, 1.807) is 18.2 Å². The van der Waals surface area contributed by atoms with Crippen molar-refractivity contribution < 1.29 is 23.9 Å². The van der Waals surface area contributed by atoms with Crippen molar-refractivity contribution in [3.63, 3.8) is 0 Å². The number of ether oxygens (including phenoxy) is 3. The molecule has 8 nitrogen and oxygen atoms in total. The summed E-state index contributed by atoms with van der Waals surface area (Å²) in [6.45, 7) is 0.828. The van der Waals surface area contributed by atoms with Gasteiger partial charge in [-0.1, -0.05) is 11.6 Å². The van der Waals surface area contributed by atoms with Crippen LogP contribution in [0.5, 0.6) is 17.2 Å². The molecule has 2 aromatic carbocycles. The van der Waals surface area contributed by atoms with Gasteiger partial charge in [0, 0.05) is 17.2 Å². The van der Waals surface area contributed by atoms with Gasteiger partial charge in [-0.25, -0.2) is 0 Å². The summed E-state index contributed by atoms with van der Waals surface area (Å²) < 4.78 is 16.5. The van der Waals surface area contributed by atoms with Crippen molar-refractivity contribution >= 4 is 40.5 Å². The highest BCUT2D eigenvalue weighted by Gasteiger charge is 2.29. The number of carbonyl (C=O) groups excluding carboxylic acids is 1. The minimum Gasteiger partial charge on any atom is -0.493 e. The van der Waals surface area contributed by atoms with E-state index in [1.807, 2.05) is 0 Å². The van der Waals surface area contributed by atoms with Gasteiger partial charge < -0.3 is 19.5 Å². The number of halogens is 1. The summed E-state index contributed by atoms with van der Waals surface area (Å²) in [5, 5.41) is 13.8. The van der Waals surface area contributed by atoms with Gasteiger partial charge in [0.25, 0.3) is 11.6 Å². The Labute approximate surface area is 158 Å². The van der Waals surface area contributed by atoms with Crippen LogP contribution >= 0.6 is 11.6 Å². The second kappa shape index (κ2) is 6.48. The van der Waals surface area contributed by atoms with Crippen molar-refractivity contribution in [3.8, 4) is 17.2 Å². The van der Waals surface area contributed by atoms with Gasteiger partial charge in [0.05, 0.1) is 17.7 Å². The molecule has 138 valence electrons. The molecular formula is C18H13ClN2O6. The van der Waals surface area contributed by atoms with Crippen LogP contribution in [0.2, 0.25) is 5.02 Å². The van der Waals surface area contributed by atoms with Crippen LogP contribution < -0.4 is 19.5 Å². The highest BCUT2D eigenvalue weighted by atomic mass is 35.5. The van der Waals surface area contributed by atoms with Gasteiger partial charge in [0.15, 0.2) is 11.5 Å². The number of rotatable bonds is 3. The fraction of sp³-hybridized carbons (Fsp3) is 0.167. The zero-order valence-electron chi connectivity index (χ0n) is 14.1. The van der Waals surface area contributed by atoms with Crippen molar-refractivity contribution in [1.82, 2.24) is 0 Å². The van der Waals surface area contributed by atoms with Crippen LogP contribution in [0.1, 0.15) is 11.1 Å². The molecule has 0 saturated carbocycles. The quantitative estimate of drug-likeness (QED) is 0.490. The van der Waals surface area contributed by atoms with E-state index in [4.69, 9.17) is 25.8 Å². The molecule has 0 bridgehead atoms. The van der Waals surface area contributed by atoms with Crippen LogP contribution in [0.3, 0.4) is 0 Å². The van der Waals surface area contributed by atoms with Crippen LogP contribution in [-0.2, 0) is 4.79 Å². The molecule has 27 heavy (non-hydrogen) atoms. The molecule has 4 rings (SSSR count). The lowest BCUT2D eigenvalue weighted by Crippen LogP contribution is -2.16. The summed E-state index contributed by atoms with van der Waals surface area (Å²) in [6, 6.07) is 6.09. The number of benzene rings is 2. The maximum Gasteiger partial charge on any atom is 0.288 e. The Balaban J connectivity index is 1.83. The topological polar surface area (TPSA) is 99.9 Å². The molecule has 0 atom stereocenters. The third-order valence-electron chi connectivity index (χ3n) is 4.23. The summed E-state index contributed by atoms with van der Waals surface area (Å²) in [4.78, 5) is 23.0. The summed E-state index contributed by atoms with van der Waals surface area (Å²) >= 11 is 5.92. The van der Waals surface area contributed by atoms with Crippen LogP contribution in [0.25, 0.3) is 11.6 Å². The fourth-order valence-electron chi connectivity index (χ4n) is 3.03. The van der Waals surface area contributed by atoms with Gasteiger partial charge in [0.1, 0.15) is 18.2 Å². The Kier molecular flexibility index (Phi) is 4.12. The number of nitrogens with zero attached hydrogens (tertiary/aromatic N) is 1. The molecule has 0 aliphatic carbocycles. The van der Waals surface area contributed by atoms with Crippen molar-refractivity contribution in [1.29, 1.82) is 0 Å². The highest BCUT2D eigenvalue weighted by Crippen LogP contribution is 2.43. The molecule has 0 radical (unpaired) electrons. The predicted octanol–water partition coefficient (Wildman–Crippen LogP) is 3.52. The SMILES string of the molecule is COc1cc(/C=C2/C(=O)Nc3cc(Cl)c([N+](=O)[O-])cc32)cc2c1OCCO2. The first-order chi connectivity index (χ1) is 13.0. The Morgan fingerprint density at radius 2 is 2.04 bits per heavy atom. The fourth-order valence-corrected chi connectivity index (χ4v) is 3.26. The number of anilines is 1. The normalized spacial score (nSPS) is 16.1. The molecule has 0 aromatic heterocycles. The Hall–Kier alpha value is -3.26. The van der Waals surface area contributed by atoms with Crippen LogP contribution in [0, 0.1) is 10.1 Å². The molecule has 1 amide bonds. The first-order valence-electron chi connectivity index (χ1n) is 7.97. The van der Waals surface area contributed by atoms with Crippen molar-refractivity contribution in [2.45, 2.75) is 0 Å². The van der Waals surface area contributed by atoms with Crippen molar-refractivity contribution in [2.75, 3.05) is 25.6 Å². The minimum atomic E-state index is -0.587. The molecule has 1 N–H and O–H groups in total. The molecule has 0 fully saturated rings. The van der Waals surface area contributed by atoms with E-state index < -0.39 is 4.92 Å². The van der Waals surface area contributed by atoms with Crippen LogP contribution in [0.4, 0.5) is 11.4 Å². The van der Waals surface area contributed by atoms with Crippen molar-refractivity contribution in [3.05, 3.63) is 50.5 Å². The molecule has 2 aromatic rings. The molecule has 2 heterocycles. The van der Waals surface area contributed by atoms with Gasteiger partial charge >= 0.3 is 0 Å². The smallest absolute Gasteiger partial charge is 0.288 e. The molecular weight excluding hydrogens is 376 g/mol. The maximum absolute atomic E-state index is 12.4. The van der Waals surface area contributed by atoms with Crippen LogP contribution in [-0.4, -0.2) is 31.2 Å². The lowest BCUT2D eigenvalue weighted by Gasteiger charge is -2.21. The lowest BCUT2D eigenvalue weighted by molar-refractivity contribution is -0.384. The number of fused-ring (bicyclic) bond motifs is 2. The van der Waals surface area contributed by atoms with E-state index in [0.29, 0.717) is 47.3 Å². The Morgan fingerprint density at radius 1 is 1.26 bits per heavy atom. The molecule has 2 aliphatic rings. The molecule has 0 saturated heterocycles. The molecule has 2 aliphatic heterocycles. The van der Waals surface area contributed by atoms with E-state index in [1.165, 1.54) is 19.2 Å².